The van der Waals surface area contributed by atoms with Gasteiger partial charge in [-0.2, -0.15) is 0 Å². The molecule has 2 aromatic heterocycles. The average Bonchev–Trinajstić information content (AvgIpc) is 2.84. The first-order valence-electron chi connectivity index (χ1n) is 6.24. The van der Waals surface area contributed by atoms with E-state index < -0.39 is 0 Å². The van der Waals surface area contributed by atoms with Gasteiger partial charge in [0.1, 0.15) is 23.7 Å². The predicted molar refractivity (Wildman–Crippen MR) is 81.3 cm³/mol. The Hall–Kier alpha value is -2.60. The molecule has 21 heavy (non-hydrogen) atoms. The topological polar surface area (TPSA) is 75.9 Å². The van der Waals surface area contributed by atoms with E-state index in [0.29, 0.717) is 22.5 Å². The molecule has 7 heteroatoms. The van der Waals surface area contributed by atoms with E-state index in [-0.39, 0.29) is 0 Å². The Morgan fingerprint density at radius 2 is 1.81 bits per heavy atom. The van der Waals surface area contributed by atoms with Gasteiger partial charge in [-0.05, 0) is 25.1 Å². The van der Waals surface area contributed by atoms with Gasteiger partial charge in [-0.3, -0.25) is 0 Å². The Kier molecular flexibility index (Phi) is 3.70. The monoisotopic (exact) mass is 301 g/mol. The molecule has 0 atom stereocenters. The van der Waals surface area contributed by atoms with Crippen molar-refractivity contribution in [1.29, 1.82) is 0 Å². The van der Waals surface area contributed by atoms with Crippen molar-refractivity contribution in [3.05, 3.63) is 53.5 Å². The van der Waals surface area contributed by atoms with Gasteiger partial charge in [0.2, 0.25) is 0 Å². The number of nitrogens with zero attached hydrogens (tertiary/aromatic N) is 3. The van der Waals surface area contributed by atoms with Crippen LogP contribution in [0.15, 0.2) is 47.2 Å². The van der Waals surface area contributed by atoms with Crippen LogP contribution in [0.5, 0.6) is 0 Å². The van der Waals surface area contributed by atoms with Crippen LogP contribution in [0.4, 0.5) is 23.1 Å². The largest absolute Gasteiger partial charge is 0.360 e. The molecule has 0 aliphatic heterocycles. The number of hydrogen-bond donors (Lipinski definition) is 2. The zero-order valence-electron chi connectivity index (χ0n) is 11.2. The SMILES string of the molecule is Cc1cc(Nc2cc(Nc3cccc(Cl)c3)ncn2)no1. The minimum Gasteiger partial charge on any atom is -0.360 e. The summed E-state index contributed by atoms with van der Waals surface area (Å²) in [6.45, 7) is 1.82. The summed E-state index contributed by atoms with van der Waals surface area (Å²) in [4.78, 5) is 8.30. The predicted octanol–water partition coefficient (Wildman–Crippen LogP) is 3.91. The van der Waals surface area contributed by atoms with Gasteiger partial charge in [0, 0.05) is 22.8 Å². The summed E-state index contributed by atoms with van der Waals surface area (Å²) in [5.74, 6) is 2.58. The summed E-state index contributed by atoms with van der Waals surface area (Å²) in [5, 5.41) is 10.7. The van der Waals surface area contributed by atoms with Crippen molar-refractivity contribution in [2.75, 3.05) is 10.6 Å². The van der Waals surface area contributed by atoms with Crippen LogP contribution in [0.25, 0.3) is 0 Å². The summed E-state index contributed by atoms with van der Waals surface area (Å²) in [6, 6.07) is 11.0. The van der Waals surface area contributed by atoms with Gasteiger partial charge in [-0.15, -0.1) is 0 Å². The maximum atomic E-state index is 5.95. The second-order valence-electron chi connectivity index (χ2n) is 4.37. The Morgan fingerprint density at radius 3 is 2.52 bits per heavy atom. The van der Waals surface area contributed by atoms with Crippen molar-refractivity contribution in [2.45, 2.75) is 6.92 Å². The number of benzene rings is 1. The van der Waals surface area contributed by atoms with Gasteiger partial charge in [0.05, 0.1) is 0 Å². The third-order valence-corrected chi connectivity index (χ3v) is 2.88. The first-order chi connectivity index (χ1) is 10.2. The lowest BCUT2D eigenvalue weighted by Gasteiger charge is -2.07. The van der Waals surface area contributed by atoms with Crippen LogP contribution >= 0.6 is 11.6 Å². The fraction of sp³-hybridized carbons (Fsp3) is 0.0714. The molecule has 0 bridgehead atoms. The fourth-order valence-electron chi connectivity index (χ4n) is 1.76. The number of rotatable bonds is 4. The van der Waals surface area contributed by atoms with E-state index in [2.05, 4.69) is 25.8 Å². The van der Waals surface area contributed by atoms with E-state index in [1.165, 1.54) is 6.33 Å². The molecule has 0 spiro atoms. The number of halogens is 1. The molecule has 106 valence electrons. The van der Waals surface area contributed by atoms with Gasteiger partial charge >= 0.3 is 0 Å². The first-order valence-corrected chi connectivity index (χ1v) is 6.62. The van der Waals surface area contributed by atoms with Crippen LogP contribution in [0.3, 0.4) is 0 Å². The minimum absolute atomic E-state index is 0.597. The van der Waals surface area contributed by atoms with Crippen LogP contribution < -0.4 is 10.6 Å². The van der Waals surface area contributed by atoms with Crippen molar-refractivity contribution < 1.29 is 4.52 Å². The van der Waals surface area contributed by atoms with Gasteiger partial charge in [-0.25, -0.2) is 9.97 Å². The van der Waals surface area contributed by atoms with Crippen molar-refractivity contribution in [1.82, 2.24) is 15.1 Å². The lowest BCUT2D eigenvalue weighted by molar-refractivity contribution is 0.400. The number of aromatic nitrogens is 3. The molecule has 2 heterocycles. The molecule has 6 nitrogen and oxygen atoms in total. The smallest absolute Gasteiger partial charge is 0.175 e. The summed E-state index contributed by atoms with van der Waals surface area (Å²) >= 11 is 5.95. The van der Waals surface area contributed by atoms with Gasteiger partial charge in [-0.1, -0.05) is 22.8 Å². The van der Waals surface area contributed by atoms with Gasteiger partial charge in [0.15, 0.2) is 5.82 Å². The van der Waals surface area contributed by atoms with Crippen LogP contribution in [0.2, 0.25) is 5.02 Å². The zero-order valence-corrected chi connectivity index (χ0v) is 11.9. The third-order valence-electron chi connectivity index (χ3n) is 2.65. The van der Waals surface area contributed by atoms with Gasteiger partial charge in [0.25, 0.3) is 0 Å². The van der Waals surface area contributed by atoms with E-state index in [1.54, 1.807) is 12.1 Å². The molecule has 3 aromatic rings. The quantitative estimate of drug-likeness (QED) is 0.761. The number of nitrogens with one attached hydrogen (secondary N) is 2. The first kappa shape index (κ1) is 13.4. The van der Waals surface area contributed by atoms with E-state index in [4.69, 9.17) is 16.1 Å². The number of anilines is 4. The second kappa shape index (κ2) is 5.80. The molecule has 2 N–H and O–H groups in total. The lowest BCUT2D eigenvalue weighted by Crippen LogP contribution is -1.98. The highest BCUT2D eigenvalue weighted by atomic mass is 35.5. The Morgan fingerprint density at radius 1 is 1.00 bits per heavy atom. The van der Waals surface area contributed by atoms with E-state index in [0.717, 1.165) is 11.4 Å². The van der Waals surface area contributed by atoms with Crippen molar-refractivity contribution >= 4 is 34.7 Å². The molecular weight excluding hydrogens is 290 g/mol. The normalized spacial score (nSPS) is 10.4. The van der Waals surface area contributed by atoms with Crippen LogP contribution in [-0.4, -0.2) is 15.1 Å². The van der Waals surface area contributed by atoms with Crippen LogP contribution in [0, 0.1) is 6.92 Å². The third kappa shape index (κ3) is 3.49. The zero-order chi connectivity index (χ0) is 14.7. The average molecular weight is 302 g/mol. The maximum Gasteiger partial charge on any atom is 0.175 e. The number of hydrogen-bond acceptors (Lipinski definition) is 6. The van der Waals surface area contributed by atoms with Gasteiger partial charge < -0.3 is 15.2 Å². The maximum absolute atomic E-state index is 5.95. The molecule has 0 aliphatic carbocycles. The molecule has 1 aromatic carbocycles. The summed E-state index contributed by atoms with van der Waals surface area (Å²) in [6.07, 6.45) is 1.46. The van der Waals surface area contributed by atoms with Crippen molar-refractivity contribution in [3.63, 3.8) is 0 Å². The van der Waals surface area contributed by atoms with E-state index in [1.807, 2.05) is 31.2 Å². The van der Waals surface area contributed by atoms with E-state index >= 15 is 0 Å². The second-order valence-corrected chi connectivity index (χ2v) is 4.81. The molecule has 0 aliphatic rings. The summed E-state index contributed by atoms with van der Waals surface area (Å²) in [7, 11) is 0. The van der Waals surface area contributed by atoms with Crippen molar-refractivity contribution in [3.8, 4) is 0 Å². The molecule has 0 fully saturated rings. The van der Waals surface area contributed by atoms with E-state index in [9.17, 15) is 0 Å². The molecule has 3 rings (SSSR count). The fourth-order valence-corrected chi connectivity index (χ4v) is 1.95. The molecule has 0 radical (unpaired) electrons. The molecule has 0 saturated heterocycles. The number of aryl methyl sites for hydroxylation is 1. The standard InChI is InChI=1S/C14H12ClN5O/c1-9-5-14(20-21-9)19-13-7-12(16-8-17-13)18-11-4-2-3-10(15)6-11/h2-8H,1H3,(H2,16,17,18,19,20). The molecule has 0 unspecified atom stereocenters. The highest BCUT2D eigenvalue weighted by Crippen LogP contribution is 2.21. The summed E-state index contributed by atoms with van der Waals surface area (Å²) in [5.41, 5.74) is 0.851. The molecule has 0 saturated carbocycles. The lowest BCUT2D eigenvalue weighted by atomic mass is 10.3. The summed E-state index contributed by atoms with van der Waals surface area (Å²) < 4.78 is 4.99. The highest BCUT2D eigenvalue weighted by Gasteiger charge is 2.04. The van der Waals surface area contributed by atoms with Crippen molar-refractivity contribution in [2.24, 2.45) is 0 Å². The van der Waals surface area contributed by atoms with Crippen LogP contribution in [-0.2, 0) is 0 Å². The Bertz CT molecular complexity index is 758. The Balaban J connectivity index is 1.76. The minimum atomic E-state index is 0.597. The highest BCUT2D eigenvalue weighted by molar-refractivity contribution is 6.30. The Labute approximate surface area is 126 Å². The van der Waals surface area contributed by atoms with Crippen LogP contribution in [0.1, 0.15) is 5.76 Å². The molecular formula is C14H12ClN5O. The molecule has 0 amide bonds.